The van der Waals surface area contributed by atoms with E-state index in [1.807, 2.05) is 19.1 Å². The third kappa shape index (κ3) is 6.15. The van der Waals surface area contributed by atoms with Crippen molar-refractivity contribution in [3.05, 3.63) is 30.0 Å². The predicted octanol–water partition coefficient (Wildman–Crippen LogP) is 4.90. The van der Waals surface area contributed by atoms with E-state index in [9.17, 15) is 9.59 Å². The molecule has 2 fully saturated rings. The molecule has 1 saturated heterocycles. The van der Waals surface area contributed by atoms with Crippen molar-refractivity contribution < 1.29 is 23.5 Å². The van der Waals surface area contributed by atoms with Gasteiger partial charge < -0.3 is 24.5 Å². The average Bonchev–Trinajstić information content (AvgIpc) is 3.49. The summed E-state index contributed by atoms with van der Waals surface area (Å²) in [6.07, 6.45) is 9.03. The fourth-order valence-corrected chi connectivity index (χ4v) is 5.21. The van der Waals surface area contributed by atoms with Crippen LogP contribution in [0.2, 0.25) is 0 Å². The first kappa shape index (κ1) is 23.8. The summed E-state index contributed by atoms with van der Waals surface area (Å²) in [6, 6.07) is 6.98. The summed E-state index contributed by atoms with van der Waals surface area (Å²) in [6.45, 7) is 4.56. The number of amides is 1. The molecule has 1 saturated carbocycles. The standard InChI is InChI=1S/C26H36N2O5/c1-2-31-14-6-7-15-32-26(30)23-17-19-16-20(10-11-22(19)33-23)28-25(29)24-21(12-13-27-24)18-8-4-3-5-9-18/h10-11,16-18,21,24,27H,2-9,12-15H2,1H3,(H,28,29)/t21-,24-/m0/s1. The second kappa shape index (κ2) is 11.7. The molecule has 1 aliphatic heterocycles. The molecule has 2 aromatic rings. The van der Waals surface area contributed by atoms with E-state index in [4.69, 9.17) is 13.9 Å². The first-order valence-electron chi connectivity index (χ1n) is 12.5. The Labute approximate surface area is 195 Å². The van der Waals surface area contributed by atoms with Crippen LogP contribution in [0, 0.1) is 11.8 Å². The van der Waals surface area contributed by atoms with Gasteiger partial charge in [-0.3, -0.25) is 4.79 Å². The fraction of sp³-hybridized carbons (Fsp3) is 0.615. The highest BCUT2D eigenvalue weighted by Gasteiger charge is 2.38. The summed E-state index contributed by atoms with van der Waals surface area (Å²) in [4.78, 5) is 25.4. The third-order valence-electron chi connectivity index (χ3n) is 6.91. The SMILES string of the molecule is CCOCCCCOC(=O)c1cc2cc(NC(=O)[C@H]3NCC[C@H]3C3CCCCC3)ccc2o1. The lowest BCUT2D eigenvalue weighted by Gasteiger charge is -2.30. The summed E-state index contributed by atoms with van der Waals surface area (Å²) < 4.78 is 16.2. The van der Waals surface area contributed by atoms with Gasteiger partial charge in [-0.05, 0) is 68.8 Å². The van der Waals surface area contributed by atoms with Crippen LogP contribution in [0.25, 0.3) is 11.0 Å². The minimum absolute atomic E-state index is 0.0256. The molecule has 33 heavy (non-hydrogen) atoms. The summed E-state index contributed by atoms with van der Waals surface area (Å²) in [5.41, 5.74) is 1.30. The number of unbranched alkanes of at least 4 members (excludes halogenated alkanes) is 1. The first-order chi connectivity index (χ1) is 16.2. The van der Waals surface area contributed by atoms with Gasteiger partial charge >= 0.3 is 5.97 Å². The number of nitrogens with one attached hydrogen (secondary N) is 2. The molecule has 0 unspecified atom stereocenters. The summed E-state index contributed by atoms with van der Waals surface area (Å²) in [5, 5.41) is 7.25. The van der Waals surface area contributed by atoms with E-state index in [2.05, 4.69) is 10.6 Å². The van der Waals surface area contributed by atoms with E-state index in [1.54, 1.807) is 12.1 Å². The Kier molecular flexibility index (Phi) is 8.40. The molecule has 7 heteroatoms. The largest absolute Gasteiger partial charge is 0.460 e. The van der Waals surface area contributed by atoms with Crippen LogP contribution in [0.15, 0.2) is 28.7 Å². The molecule has 1 aromatic heterocycles. The van der Waals surface area contributed by atoms with Gasteiger partial charge in [-0.15, -0.1) is 0 Å². The highest BCUT2D eigenvalue weighted by atomic mass is 16.5. The highest BCUT2D eigenvalue weighted by Crippen LogP contribution is 2.36. The van der Waals surface area contributed by atoms with Crippen LogP contribution in [0.3, 0.4) is 0 Å². The molecule has 2 N–H and O–H groups in total. The van der Waals surface area contributed by atoms with Gasteiger partial charge in [0.1, 0.15) is 5.58 Å². The van der Waals surface area contributed by atoms with Gasteiger partial charge in [0.15, 0.2) is 0 Å². The second-order valence-electron chi connectivity index (χ2n) is 9.17. The zero-order chi connectivity index (χ0) is 23.0. The first-order valence-corrected chi connectivity index (χ1v) is 12.5. The average molecular weight is 457 g/mol. The molecule has 2 atom stereocenters. The number of carbonyl (C=O) groups excluding carboxylic acids is 2. The lowest BCUT2D eigenvalue weighted by atomic mass is 9.76. The Morgan fingerprint density at radius 3 is 2.73 bits per heavy atom. The van der Waals surface area contributed by atoms with Crippen LogP contribution in [-0.2, 0) is 14.3 Å². The van der Waals surface area contributed by atoms with Crippen molar-refractivity contribution in [2.75, 3.05) is 31.7 Å². The molecule has 1 aliphatic carbocycles. The minimum Gasteiger partial charge on any atom is -0.460 e. The number of ether oxygens (including phenoxy) is 2. The molecular formula is C26H36N2O5. The number of fused-ring (bicyclic) bond motifs is 1. The van der Waals surface area contributed by atoms with Crippen molar-refractivity contribution in [2.24, 2.45) is 11.8 Å². The maximum atomic E-state index is 13.0. The molecule has 2 heterocycles. The fourth-order valence-electron chi connectivity index (χ4n) is 5.21. The smallest absolute Gasteiger partial charge is 0.374 e. The Hall–Kier alpha value is -2.38. The molecule has 0 spiro atoms. The van der Waals surface area contributed by atoms with E-state index in [1.165, 1.54) is 32.1 Å². The van der Waals surface area contributed by atoms with Crippen LogP contribution < -0.4 is 10.6 Å². The zero-order valence-corrected chi connectivity index (χ0v) is 19.6. The summed E-state index contributed by atoms with van der Waals surface area (Å²) in [5.74, 6) is 0.788. The molecule has 4 rings (SSSR count). The van der Waals surface area contributed by atoms with Gasteiger partial charge in [-0.1, -0.05) is 32.1 Å². The summed E-state index contributed by atoms with van der Waals surface area (Å²) >= 11 is 0. The van der Waals surface area contributed by atoms with Crippen LogP contribution >= 0.6 is 0 Å². The lowest BCUT2D eigenvalue weighted by molar-refractivity contribution is -0.119. The number of anilines is 1. The van der Waals surface area contributed by atoms with E-state index in [-0.39, 0.29) is 17.7 Å². The lowest BCUT2D eigenvalue weighted by Crippen LogP contribution is -2.42. The Morgan fingerprint density at radius 2 is 1.91 bits per heavy atom. The van der Waals surface area contributed by atoms with Crippen LogP contribution in [-0.4, -0.2) is 44.3 Å². The van der Waals surface area contributed by atoms with E-state index >= 15 is 0 Å². The van der Waals surface area contributed by atoms with Gasteiger partial charge in [0.2, 0.25) is 11.7 Å². The number of hydrogen-bond donors (Lipinski definition) is 2. The van der Waals surface area contributed by atoms with Crippen LogP contribution in [0.1, 0.15) is 68.8 Å². The van der Waals surface area contributed by atoms with Crippen molar-refractivity contribution in [3.63, 3.8) is 0 Å². The maximum absolute atomic E-state index is 13.0. The number of benzene rings is 1. The van der Waals surface area contributed by atoms with Crippen molar-refractivity contribution in [1.29, 1.82) is 0 Å². The molecule has 0 radical (unpaired) electrons. The minimum atomic E-state index is -0.473. The van der Waals surface area contributed by atoms with Crippen molar-refractivity contribution in [2.45, 2.75) is 64.3 Å². The summed E-state index contributed by atoms with van der Waals surface area (Å²) in [7, 11) is 0. The molecular weight excluding hydrogens is 420 g/mol. The normalized spacial score (nSPS) is 21.4. The van der Waals surface area contributed by atoms with Gasteiger partial charge in [0, 0.05) is 24.3 Å². The van der Waals surface area contributed by atoms with Gasteiger partial charge in [-0.25, -0.2) is 4.79 Å². The monoisotopic (exact) mass is 456 g/mol. The highest BCUT2D eigenvalue weighted by molar-refractivity contribution is 5.98. The molecule has 1 amide bonds. The second-order valence-corrected chi connectivity index (χ2v) is 9.17. The third-order valence-corrected chi connectivity index (χ3v) is 6.91. The van der Waals surface area contributed by atoms with E-state index < -0.39 is 5.97 Å². The molecule has 180 valence electrons. The predicted molar refractivity (Wildman–Crippen MR) is 127 cm³/mol. The Morgan fingerprint density at radius 1 is 1.09 bits per heavy atom. The van der Waals surface area contributed by atoms with Crippen molar-refractivity contribution in [3.8, 4) is 0 Å². The number of carbonyl (C=O) groups is 2. The zero-order valence-electron chi connectivity index (χ0n) is 19.6. The number of rotatable bonds is 10. The number of esters is 1. The van der Waals surface area contributed by atoms with E-state index in [0.717, 1.165) is 31.2 Å². The Balaban J connectivity index is 1.33. The van der Waals surface area contributed by atoms with Gasteiger partial charge in [-0.2, -0.15) is 0 Å². The molecule has 0 bridgehead atoms. The van der Waals surface area contributed by atoms with Crippen molar-refractivity contribution in [1.82, 2.24) is 5.32 Å². The van der Waals surface area contributed by atoms with Crippen molar-refractivity contribution >= 4 is 28.5 Å². The topological polar surface area (TPSA) is 89.8 Å². The van der Waals surface area contributed by atoms with Crippen LogP contribution in [0.5, 0.6) is 0 Å². The molecule has 7 nitrogen and oxygen atoms in total. The molecule has 1 aromatic carbocycles. The Bertz CT molecular complexity index is 934. The number of furan rings is 1. The van der Waals surface area contributed by atoms with Gasteiger partial charge in [0.05, 0.1) is 12.6 Å². The van der Waals surface area contributed by atoms with Crippen LogP contribution in [0.4, 0.5) is 5.69 Å². The molecule has 2 aliphatic rings. The van der Waals surface area contributed by atoms with Gasteiger partial charge in [0.25, 0.3) is 0 Å². The quantitative estimate of drug-likeness (QED) is 0.390. The maximum Gasteiger partial charge on any atom is 0.374 e. The van der Waals surface area contributed by atoms with E-state index in [0.29, 0.717) is 42.9 Å². The number of hydrogen-bond acceptors (Lipinski definition) is 6.